The Labute approximate surface area is 80.2 Å². The lowest BCUT2D eigenvalue weighted by Crippen LogP contribution is -2.22. The summed E-state index contributed by atoms with van der Waals surface area (Å²) in [6.45, 7) is 5.42. The van der Waals surface area contributed by atoms with E-state index >= 15 is 0 Å². The molecule has 0 aromatic rings. The maximum atomic E-state index is 3.49. The molecule has 1 aliphatic heterocycles. The Kier molecular flexibility index (Phi) is 2.26. The van der Waals surface area contributed by atoms with Crippen molar-refractivity contribution >= 4 is 0 Å². The molecule has 2 rings (SSSR count). The van der Waals surface area contributed by atoms with Gasteiger partial charge in [0.25, 0.3) is 0 Å². The standard InChI is InChI=1S/C12H17N/c1-9(2)11-7-3-5-10-6-4-8-13-12(10)11/h4,6,13H,3,5,7-8H2,1-2H3. The summed E-state index contributed by atoms with van der Waals surface area (Å²) < 4.78 is 0. The van der Waals surface area contributed by atoms with Gasteiger partial charge < -0.3 is 5.32 Å². The molecule has 2 aliphatic rings. The SMILES string of the molecule is CC(C)=C1CCCC2=C1NCC=C2. The van der Waals surface area contributed by atoms with Crippen molar-refractivity contribution in [3.8, 4) is 0 Å². The zero-order valence-electron chi connectivity index (χ0n) is 8.48. The van der Waals surface area contributed by atoms with Crippen molar-refractivity contribution in [3.63, 3.8) is 0 Å². The second-order valence-corrected chi connectivity index (χ2v) is 4.02. The summed E-state index contributed by atoms with van der Waals surface area (Å²) in [4.78, 5) is 0. The van der Waals surface area contributed by atoms with Crippen LogP contribution >= 0.6 is 0 Å². The molecule has 70 valence electrons. The number of nitrogens with one attached hydrogen (secondary N) is 1. The van der Waals surface area contributed by atoms with Crippen molar-refractivity contribution in [3.05, 3.63) is 34.6 Å². The molecule has 0 fully saturated rings. The van der Waals surface area contributed by atoms with Crippen LogP contribution in [0.5, 0.6) is 0 Å². The van der Waals surface area contributed by atoms with Crippen molar-refractivity contribution in [1.29, 1.82) is 0 Å². The molecule has 0 atom stereocenters. The molecule has 0 spiro atoms. The maximum Gasteiger partial charge on any atom is 0.0406 e. The lowest BCUT2D eigenvalue weighted by atomic mass is 9.88. The summed E-state index contributed by atoms with van der Waals surface area (Å²) in [5, 5.41) is 3.49. The van der Waals surface area contributed by atoms with Crippen LogP contribution in [0, 0.1) is 0 Å². The minimum Gasteiger partial charge on any atom is -0.381 e. The molecule has 0 amide bonds. The Balaban J connectivity index is 2.42. The van der Waals surface area contributed by atoms with Crippen LogP contribution in [0.1, 0.15) is 33.1 Å². The highest BCUT2D eigenvalue weighted by atomic mass is 14.9. The lowest BCUT2D eigenvalue weighted by molar-refractivity contribution is 0.714. The summed E-state index contributed by atoms with van der Waals surface area (Å²) in [5.74, 6) is 0. The first kappa shape index (κ1) is 8.61. The predicted octanol–water partition coefficient (Wildman–Crippen LogP) is 2.92. The number of hydrogen-bond donors (Lipinski definition) is 1. The van der Waals surface area contributed by atoms with E-state index in [9.17, 15) is 0 Å². The molecule has 1 aliphatic carbocycles. The molecule has 1 heterocycles. The minimum atomic E-state index is 0.996. The Morgan fingerprint density at radius 1 is 1.31 bits per heavy atom. The highest BCUT2D eigenvalue weighted by Gasteiger charge is 2.17. The molecule has 0 aromatic heterocycles. The normalized spacial score (nSPS) is 21.2. The van der Waals surface area contributed by atoms with Crippen LogP contribution in [-0.2, 0) is 0 Å². The maximum absolute atomic E-state index is 3.49. The molecule has 0 unspecified atom stereocenters. The van der Waals surface area contributed by atoms with Gasteiger partial charge in [-0.2, -0.15) is 0 Å². The summed E-state index contributed by atoms with van der Waals surface area (Å²) >= 11 is 0. The van der Waals surface area contributed by atoms with Crippen LogP contribution in [-0.4, -0.2) is 6.54 Å². The first-order valence-corrected chi connectivity index (χ1v) is 5.09. The van der Waals surface area contributed by atoms with Crippen LogP contribution in [0.4, 0.5) is 0 Å². The van der Waals surface area contributed by atoms with Gasteiger partial charge in [-0.3, -0.25) is 0 Å². The van der Waals surface area contributed by atoms with E-state index in [1.807, 2.05) is 0 Å². The van der Waals surface area contributed by atoms with Crippen molar-refractivity contribution in [2.75, 3.05) is 6.54 Å². The third-order valence-electron chi connectivity index (χ3n) is 2.82. The largest absolute Gasteiger partial charge is 0.381 e. The highest BCUT2D eigenvalue weighted by molar-refractivity contribution is 5.45. The Morgan fingerprint density at radius 2 is 2.15 bits per heavy atom. The van der Waals surface area contributed by atoms with Gasteiger partial charge in [-0.1, -0.05) is 17.7 Å². The van der Waals surface area contributed by atoms with Gasteiger partial charge in [-0.25, -0.2) is 0 Å². The zero-order valence-corrected chi connectivity index (χ0v) is 8.48. The fraction of sp³-hybridized carbons (Fsp3) is 0.500. The minimum absolute atomic E-state index is 0.996. The van der Waals surface area contributed by atoms with Gasteiger partial charge in [0.15, 0.2) is 0 Å². The Bertz CT molecular complexity index is 294. The number of dihydropyridines is 1. The lowest BCUT2D eigenvalue weighted by Gasteiger charge is -2.26. The molecule has 0 bridgehead atoms. The first-order chi connectivity index (χ1) is 6.29. The van der Waals surface area contributed by atoms with E-state index in [1.54, 1.807) is 5.57 Å². The van der Waals surface area contributed by atoms with Crippen molar-refractivity contribution in [2.45, 2.75) is 33.1 Å². The second kappa shape index (κ2) is 3.41. The smallest absolute Gasteiger partial charge is 0.0406 e. The van der Waals surface area contributed by atoms with Gasteiger partial charge in [-0.05, 0) is 44.3 Å². The van der Waals surface area contributed by atoms with E-state index in [0.717, 1.165) is 6.54 Å². The monoisotopic (exact) mass is 175 g/mol. The van der Waals surface area contributed by atoms with Gasteiger partial charge >= 0.3 is 0 Å². The van der Waals surface area contributed by atoms with Crippen LogP contribution in [0.25, 0.3) is 0 Å². The molecule has 0 aromatic carbocycles. The Morgan fingerprint density at radius 3 is 2.92 bits per heavy atom. The number of hydrogen-bond acceptors (Lipinski definition) is 1. The molecule has 13 heavy (non-hydrogen) atoms. The van der Waals surface area contributed by atoms with Crippen molar-refractivity contribution in [1.82, 2.24) is 5.32 Å². The summed E-state index contributed by atoms with van der Waals surface area (Å²) in [6, 6.07) is 0. The van der Waals surface area contributed by atoms with E-state index in [1.165, 1.54) is 36.1 Å². The zero-order chi connectivity index (χ0) is 9.26. The molecular formula is C12H17N. The molecule has 0 saturated heterocycles. The van der Waals surface area contributed by atoms with Gasteiger partial charge in [0, 0.05) is 12.2 Å². The van der Waals surface area contributed by atoms with E-state index in [0.29, 0.717) is 0 Å². The average molecular weight is 175 g/mol. The average Bonchev–Trinajstić information content (AvgIpc) is 2.17. The first-order valence-electron chi connectivity index (χ1n) is 5.09. The number of rotatable bonds is 0. The van der Waals surface area contributed by atoms with Crippen LogP contribution in [0.15, 0.2) is 34.6 Å². The summed E-state index contributed by atoms with van der Waals surface area (Å²) in [6.07, 6.45) is 8.31. The van der Waals surface area contributed by atoms with Crippen molar-refractivity contribution in [2.24, 2.45) is 0 Å². The molecule has 0 radical (unpaired) electrons. The van der Waals surface area contributed by atoms with E-state index in [-0.39, 0.29) is 0 Å². The van der Waals surface area contributed by atoms with Gasteiger partial charge in [0.05, 0.1) is 0 Å². The fourth-order valence-electron chi connectivity index (χ4n) is 2.15. The third kappa shape index (κ3) is 1.55. The van der Waals surface area contributed by atoms with Crippen LogP contribution in [0.3, 0.4) is 0 Å². The van der Waals surface area contributed by atoms with Crippen LogP contribution in [0.2, 0.25) is 0 Å². The van der Waals surface area contributed by atoms with Gasteiger partial charge in [0.2, 0.25) is 0 Å². The van der Waals surface area contributed by atoms with Gasteiger partial charge in [0.1, 0.15) is 0 Å². The van der Waals surface area contributed by atoms with E-state index in [4.69, 9.17) is 0 Å². The molecule has 1 heteroatoms. The second-order valence-electron chi connectivity index (χ2n) is 4.02. The molecule has 1 nitrogen and oxygen atoms in total. The molecule has 0 saturated carbocycles. The Hall–Kier alpha value is -0.980. The van der Waals surface area contributed by atoms with Crippen molar-refractivity contribution < 1.29 is 0 Å². The van der Waals surface area contributed by atoms with Crippen LogP contribution < -0.4 is 5.32 Å². The predicted molar refractivity (Wildman–Crippen MR) is 56.4 cm³/mol. The van der Waals surface area contributed by atoms with E-state index in [2.05, 4.69) is 31.3 Å². The molecular weight excluding hydrogens is 158 g/mol. The topological polar surface area (TPSA) is 12.0 Å². The number of allylic oxidation sites excluding steroid dienone is 4. The molecule has 1 N–H and O–H groups in total. The van der Waals surface area contributed by atoms with Gasteiger partial charge in [-0.15, -0.1) is 0 Å². The fourth-order valence-corrected chi connectivity index (χ4v) is 2.15. The summed E-state index contributed by atoms with van der Waals surface area (Å²) in [5.41, 5.74) is 5.95. The third-order valence-corrected chi connectivity index (χ3v) is 2.82. The summed E-state index contributed by atoms with van der Waals surface area (Å²) in [7, 11) is 0. The quantitative estimate of drug-likeness (QED) is 0.597. The highest BCUT2D eigenvalue weighted by Crippen LogP contribution is 2.31. The van der Waals surface area contributed by atoms with E-state index < -0.39 is 0 Å².